The summed E-state index contributed by atoms with van der Waals surface area (Å²) in [5.41, 5.74) is 0.566. The van der Waals surface area contributed by atoms with E-state index in [1.54, 1.807) is 19.1 Å². The Labute approximate surface area is 102 Å². The van der Waals surface area contributed by atoms with E-state index in [1.807, 2.05) is 0 Å². The number of rotatable bonds is 6. The van der Waals surface area contributed by atoms with Crippen molar-refractivity contribution >= 4 is 0 Å². The molecular weight excluding hydrogens is 219 g/mol. The van der Waals surface area contributed by atoms with Crippen molar-refractivity contribution in [3.8, 4) is 5.75 Å². The van der Waals surface area contributed by atoms with Crippen LogP contribution < -0.4 is 4.74 Å². The van der Waals surface area contributed by atoms with Gasteiger partial charge < -0.3 is 9.84 Å². The predicted molar refractivity (Wildman–Crippen MR) is 66.6 cm³/mol. The lowest BCUT2D eigenvalue weighted by Gasteiger charge is -2.13. The molecule has 2 atom stereocenters. The van der Waals surface area contributed by atoms with Gasteiger partial charge in [-0.2, -0.15) is 0 Å². The topological polar surface area (TPSA) is 29.5 Å². The summed E-state index contributed by atoms with van der Waals surface area (Å²) in [6, 6.07) is 4.59. The van der Waals surface area contributed by atoms with Crippen LogP contribution in [0.5, 0.6) is 5.75 Å². The summed E-state index contributed by atoms with van der Waals surface area (Å²) in [5, 5.41) is 9.32. The minimum absolute atomic E-state index is 0.261. The largest absolute Gasteiger partial charge is 0.490 e. The van der Waals surface area contributed by atoms with Gasteiger partial charge in [0.25, 0.3) is 0 Å². The van der Waals surface area contributed by atoms with Gasteiger partial charge >= 0.3 is 0 Å². The molecule has 1 rings (SSSR count). The fraction of sp³-hybridized carbons (Fsp3) is 0.571. The van der Waals surface area contributed by atoms with Gasteiger partial charge in [-0.15, -0.1) is 0 Å². The SMILES string of the molecule is CCCC(C)COc1ccc([C@@H](C)O)cc1F. The Hall–Kier alpha value is -1.09. The molecule has 0 bridgehead atoms. The third-order valence-electron chi connectivity index (χ3n) is 2.74. The minimum Gasteiger partial charge on any atom is -0.490 e. The summed E-state index contributed by atoms with van der Waals surface area (Å²) in [4.78, 5) is 0. The maximum atomic E-state index is 13.6. The molecule has 0 aliphatic heterocycles. The van der Waals surface area contributed by atoms with Crippen molar-refractivity contribution in [3.63, 3.8) is 0 Å². The second kappa shape index (κ2) is 6.60. The first-order valence-electron chi connectivity index (χ1n) is 6.14. The van der Waals surface area contributed by atoms with Crippen LogP contribution in [-0.4, -0.2) is 11.7 Å². The number of aliphatic hydroxyl groups is 1. The summed E-state index contributed by atoms with van der Waals surface area (Å²) in [6.45, 7) is 6.34. The van der Waals surface area contributed by atoms with E-state index < -0.39 is 11.9 Å². The molecule has 2 nitrogen and oxygen atoms in total. The maximum Gasteiger partial charge on any atom is 0.165 e. The Morgan fingerprint density at radius 1 is 1.35 bits per heavy atom. The highest BCUT2D eigenvalue weighted by molar-refractivity contribution is 5.30. The first kappa shape index (κ1) is 14.0. The van der Waals surface area contributed by atoms with Crippen molar-refractivity contribution in [1.29, 1.82) is 0 Å². The number of halogens is 1. The molecule has 0 fully saturated rings. The van der Waals surface area contributed by atoms with Crippen molar-refractivity contribution in [2.45, 2.75) is 39.7 Å². The Bertz CT molecular complexity index is 350. The lowest BCUT2D eigenvalue weighted by Crippen LogP contribution is -2.09. The molecule has 1 N–H and O–H groups in total. The smallest absolute Gasteiger partial charge is 0.165 e. The molecule has 0 aromatic heterocycles. The molecule has 0 saturated carbocycles. The highest BCUT2D eigenvalue weighted by atomic mass is 19.1. The first-order chi connectivity index (χ1) is 8.04. The van der Waals surface area contributed by atoms with Crippen molar-refractivity contribution in [3.05, 3.63) is 29.6 Å². The Morgan fingerprint density at radius 3 is 2.59 bits per heavy atom. The van der Waals surface area contributed by atoms with Crippen molar-refractivity contribution in [2.24, 2.45) is 5.92 Å². The van der Waals surface area contributed by atoms with Crippen LogP contribution in [0.25, 0.3) is 0 Å². The van der Waals surface area contributed by atoms with E-state index in [9.17, 15) is 9.50 Å². The van der Waals surface area contributed by atoms with Crippen LogP contribution in [0.3, 0.4) is 0 Å². The number of aliphatic hydroxyl groups excluding tert-OH is 1. The van der Waals surface area contributed by atoms with Gasteiger partial charge in [-0.1, -0.05) is 26.3 Å². The van der Waals surface area contributed by atoms with Gasteiger partial charge in [0.2, 0.25) is 0 Å². The zero-order chi connectivity index (χ0) is 12.8. The van der Waals surface area contributed by atoms with Crippen LogP contribution in [0.15, 0.2) is 18.2 Å². The van der Waals surface area contributed by atoms with Crippen molar-refractivity contribution < 1.29 is 14.2 Å². The normalized spacial score (nSPS) is 14.4. The highest BCUT2D eigenvalue weighted by Gasteiger charge is 2.09. The zero-order valence-corrected chi connectivity index (χ0v) is 10.7. The molecule has 0 saturated heterocycles. The van der Waals surface area contributed by atoms with Gasteiger partial charge in [0.1, 0.15) is 0 Å². The van der Waals surface area contributed by atoms with Gasteiger partial charge in [-0.3, -0.25) is 0 Å². The lowest BCUT2D eigenvalue weighted by atomic mass is 10.1. The van der Waals surface area contributed by atoms with Crippen molar-refractivity contribution in [1.82, 2.24) is 0 Å². The fourth-order valence-electron chi connectivity index (χ4n) is 1.70. The van der Waals surface area contributed by atoms with E-state index in [-0.39, 0.29) is 5.75 Å². The van der Waals surface area contributed by atoms with E-state index in [0.717, 1.165) is 12.8 Å². The summed E-state index contributed by atoms with van der Waals surface area (Å²) >= 11 is 0. The number of hydrogen-bond donors (Lipinski definition) is 1. The number of benzene rings is 1. The Kier molecular flexibility index (Phi) is 5.42. The first-order valence-corrected chi connectivity index (χ1v) is 6.14. The molecule has 0 spiro atoms. The summed E-state index contributed by atoms with van der Waals surface area (Å²) in [7, 11) is 0. The van der Waals surface area contributed by atoms with E-state index in [4.69, 9.17) is 4.74 Å². The summed E-state index contributed by atoms with van der Waals surface area (Å²) < 4.78 is 19.0. The molecule has 1 unspecified atom stereocenters. The molecule has 0 radical (unpaired) electrons. The Morgan fingerprint density at radius 2 is 2.06 bits per heavy atom. The van der Waals surface area contributed by atoms with Crippen LogP contribution in [0, 0.1) is 11.7 Å². The number of hydrogen-bond acceptors (Lipinski definition) is 2. The molecule has 0 amide bonds. The Balaban J connectivity index is 2.60. The molecule has 96 valence electrons. The highest BCUT2D eigenvalue weighted by Crippen LogP contribution is 2.22. The standard InChI is InChI=1S/C14H21FO2/c1-4-5-10(2)9-17-14-7-6-12(11(3)16)8-13(14)15/h6-8,10-11,16H,4-5,9H2,1-3H3/t10?,11-/m1/s1. The van der Waals surface area contributed by atoms with Gasteiger partial charge in [0, 0.05) is 0 Å². The third-order valence-corrected chi connectivity index (χ3v) is 2.74. The second-order valence-corrected chi connectivity index (χ2v) is 4.57. The van der Waals surface area contributed by atoms with Crippen LogP contribution in [0.4, 0.5) is 4.39 Å². The van der Waals surface area contributed by atoms with Crippen LogP contribution >= 0.6 is 0 Å². The summed E-state index contributed by atoms with van der Waals surface area (Å²) in [6.07, 6.45) is 1.53. The lowest BCUT2D eigenvalue weighted by molar-refractivity contribution is 0.198. The quantitative estimate of drug-likeness (QED) is 0.821. The van der Waals surface area contributed by atoms with Gasteiger partial charge in [0.05, 0.1) is 12.7 Å². The molecule has 3 heteroatoms. The molecule has 0 aliphatic rings. The van der Waals surface area contributed by atoms with E-state index >= 15 is 0 Å². The molecular formula is C14H21FO2. The van der Waals surface area contributed by atoms with Gasteiger partial charge in [-0.25, -0.2) is 4.39 Å². The average Bonchev–Trinajstić information content (AvgIpc) is 2.27. The predicted octanol–water partition coefficient (Wildman–Crippen LogP) is 3.69. The van der Waals surface area contributed by atoms with E-state index in [1.165, 1.54) is 6.07 Å². The molecule has 1 aromatic rings. The van der Waals surface area contributed by atoms with Crippen LogP contribution in [0.1, 0.15) is 45.3 Å². The zero-order valence-electron chi connectivity index (χ0n) is 10.7. The van der Waals surface area contributed by atoms with E-state index in [0.29, 0.717) is 18.1 Å². The van der Waals surface area contributed by atoms with Crippen LogP contribution in [-0.2, 0) is 0 Å². The molecule has 17 heavy (non-hydrogen) atoms. The number of ether oxygens (including phenoxy) is 1. The summed E-state index contributed by atoms with van der Waals surface area (Å²) in [5.74, 6) is 0.278. The van der Waals surface area contributed by atoms with Crippen LogP contribution in [0.2, 0.25) is 0 Å². The average molecular weight is 240 g/mol. The molecule has 1 aromatic carbocycles. The maximum absolute atomic E-state index is 13.6. The molecule has 0 heterocycles. The third kappa shape index (κ3) is 4.35. The monoisotopic (exact) mass is 240 g/mol. The molecule has 0 aliphatic carbocycles. The van der Waals surface area contributed by atoms with Crippen molar-refractivity contribution in [2.75, 3.05) is 6.61 Å². The minimum atomic E-state index is -0.655. The van der Waals surface area contributed by atoms with Gasteiger partial charge in [0.15, 0.2) is 11.6 Å². The van der Waals surface area contributed by atoms with E-state index in [2.05, 4.69) is 13.8 Å². The fourth-order valence-corrected chi connectivity index (χ4v) is 1.70. The second-order valence-electron chi connectivity index (χ2n) is 4.57. The van der Waals surface area contributed by atoms with Gasteiger partial charge in [-0.05, 0) is 37.0 Å².